The van der Waals surface area contributed by atoms with Crippen LogP contribution in [0.1, 0.15) is 64.5 Å². The predicted molar refractivity (Wildman–Crippen MR) is 95.3 cm³/mol. The zero-order valence-electron chi connectivity index (χ0n) is 15.4. The molecule has 1 saturated carbocycles. The van der Waals surface area contributed by atoms with Gasteiger partial charge < -0.3 is 9.47 Å². The molecule has 1 aromatic rings. The van der Waals surface area contributed by atoms with Crippen molar-refractivity contribution in [1.29, 1.82) is 0 Å². The third-order valence-corrected chi connectivity index (χ3v) is 6.31. The van der Waals surface area contributed by atoms with Gasteiger partial charge in [-0.15, -0.1) is 0 Å². The molecule has 2 aliphatic rings. The van der Waals surface area contributed by atoms with Gasteiger partial charge in [0.1, 0.15) is 5.75 Å². The molecule has 24 heavy (non-hydrogen) atoms. The minimum Gasteiger partial charge on any atom is -0.491 e. The number of benzene rings is 1. The Morgan fingerprint density at radius 2 is 2.08 bits per heavy atom. The normalized spacial score (nSPS) is 32.0. The fraction of sp³-hybridized carbons (Fsp3) is 0.667. The lowest BCUT2D eigenvalue weighted by Gasteiger charge is -2.55. The van der Waals surface area contributed by atoms with E-state index in [0.29, 0.717) is 19.0 Å². The average Bonchev–Trinajstić information content (AvgIpc) is 2.53. The summed E-state index contributed by atoms with van der Waals surface area (Å²) in [5.41, 5.74) is 3.13. The standard InChI is InChI=1S/C21H30O3/c1-15(2)24-17-8-6-16-7-9-19-20(3,13-23-14-22)10-5-11-21(19,4)18(16)12-17/h6,8,12,14-15,19H,5,7,9-11,13H2,1-4H3/t19?,20-,21-/m1/s1. The van der Waals surface area contributed by atoms with Crippen LogP contribution >= 0.6 is 0 Å². The minimum atomic E-state index is 0.0700. The maximum Gasteiger partial charge on any atom is 0.293 e. The number of hydrogen-bond donors (Lipinski definition) is 0. The predicted octanol–water partition coefficient (Wildman–Crippen LogP) is 4.66. The smallest absolute Gasteiger partial charge is 0.293 e. The van der Waals surface area contributed by atoms with Crippen molar-refractivity contribution in [3.05, 3.63) is 29.3 Å². The molecule has 0 radical (unpaired) electrons. The molecule has 3 rings (SSSR count). The fourth-order valence-electron chi connectivity index (χ4n) is 5.31. The molecule has 0 N–H and O–H groups in total. The maximum atomic E-state index is 10.7. The summed E-state index contributed by atoms with van der Waals surface area (Å²) >= 11 is 0. The fourth-order valence-corrected chi connectivity index (χ4v) is 5.31. The van der Waals surface area contributed by atoms with Crippen molar-refractivity contribution in [2.24, 2.45) is 11.3 Å². The Labute approximate surface area is 145 Å². The van der Waals surface area contributed by atoms with E-state index < -0.39 is 0 Å². The van der Waals surface area contributed by atoms with Gasteiger partial charge in [0.15, 0.2) is 0 Å². The first-order valence-corrected chi connectivity index (χ1v) is 9.24. The molecule has 0 amide bonds. The zero-order valence-corrected chi connectivity index (χ0v) is 15.4. The summed E-state index contributed by atoms with van der Waals surface area (Å²) in [7, 11) is 0. The van der Waals surface area contributed by atoms with Crippen molar-refractivity contribution in [2.45, 2.75) is 71.3 Å². The van der Waals surface area contributed by atoms with Crippen LogP contribution in [0, 0.1) is 11.3 Å². The van der Waals surface area contributed by atoms with Crippen LogP contribution < -0.4 is 4.74 Å². The van der Waals surface area contributed by atoms with Gasteiger partial charge in [-0.2, -0.15) is 0 Å². The number of aryl methyl sites for hydroxylation is 1. The second-order valence-corrected chi connectivity index (χ2v) is 8.41. The van der Waals surface area contributed by atoms with Crippen molar-refractivity contribution < 1.29 is 14.3 Å². The highest BCUT2D eigenvalue weighted by Gasteiger charge is 2.52. The number of ether oxygens (including phenoxy) is 2. The van der Waals surface area contributed by atoms with Crippen molar-refractivity contribution in [1.82, 2.24) is 0 Å². The molecule has 3 nitrogen and oxygen atoms in total. The number of rotatable bonds is 5. The highest BCUT2D eigenvalue weighted by atomic mass is 16.5. The van der Waals surface area contributed by atoms with Crippen LogP contribution in [0.25, 0.3) is 0 Å². The van der Waals surface area contributed by atoms with Gasteiger partial charge in [0.2, 0.25) is 0 Å². The first kappa shape index (κ1) is 17.3. The molecule has 1 fully saturated rings. The van der Waals surface area contributed by atoms with Crippen molar-refractivity contribution in [3.63, 3.8) is 0 Å². The molecule has 0 saturated heterocycles. The minimum absolute atomic E-state index is 0.0700. The number of carbonyl (C=O) groups is 1. The Kier molecular flexibility index (Phi) is 4.63. The van der Waals surface area contributed by atoms with Crippen molar-refractivity contribution in [2.75, 3.05) is 6.61 Å². The van der Waals surface area contributed by atoms with E-state index in [1.807, 2.05) is 0 Å². The first-order valence-electron chi connectivity index (χ1n) is 9.24. The summed E-state index contributed by atoms with van der Waals surface area (Å²) in [6.45, 7) is 9.98. The van der Waals surface area contributed by atoms with E-state index in [4.69, 9.17) is 9.47 Å². The topological polar surface area (TPSA) is 35.5 Å². The highest BCUT2D eigenvalue weighted by Crippen LogP contribution is 2.57. The molecule has 132 valence electrons. The molecule has 1 aromatic carbocycles. The molecule has 0 bridgehead atoms. The lowest BCUT2D eigenvalue weighted by Crippen LogP contribution is -2.50. The quantitative estimate of drug-likeness (QED) is 0.737. The van der Waals surface area contributed by atoms with Crippen LogP contribution in [-0.4, -0.2) is 19.2 Å². The average molecular weight is 330 g/mol. The van der Waals surface area contributed by atoms with Gasteiger partial charge >= 0.3 is 0 Å². The van der Waals surface area contributed by atoms with E-state index in [9.17, 15) is 4.79 Å². The van der Waals surface area contributed by atoms with Gasteiger partial charge in [-0.1, -0.05) is 26.3 Å². The zero-order chi connectivity index (χ0) is 17.4. The Bertz CT molecular complexity index is 609. The van der Waals surface area contributed by atoms with Crippen molar-refractivity contribution in [3.8, 4) is 5.75 Å². The Morgan fingerprint density at radius 1 is 1.29 bits per heavy atom. The third-order valence-electron chi connectivity index (χ3n) is 6.31. The summed E-state index contributed by atoms with van der Waals surface area (Å²) < 4.78 is 11.2. The molecular formula is C21H30O3. The van der Waals surface area contributed by atoms with Crippen LogP contribution in [0.3, 0.4) is 0 Å². The van der Waals surface area contributed by atoms with Gasteiger partial charge in [-0.3, -0.25) is 4.79 Å². The maximum absolute atomic E-state index is 10.7. The monoisotopic (exact) mass is 330 g/mol. The molecule has 3 heteroatoms. The Balaban J connectivity index is 1.97. The summed E-state index contributed by atoms with van der Waals surface area (Å²) in [5.74, 6) is 1.52. The van der Waals surface area contributed by atoms with E-state index in [-0.39, 0.29) is 16.9 Å². The first-order chi connectivity index (χ1) is 11.4. The lowest BCUT2D eigenvalue weighted by molar-refractivity contribution is -0.135. The molecule has 1 unspecified atom stereocenters. The summed E-state index contributed by atoms with van der Waals surface area (Å²) in [4.78, 5) is 10.7. The van der Waals surface area contributed by atoms with Gasteiger partial charge in [0, 0.05) is 5.41 Å². The molecule has 3 atom stereocenters. The number of carbonyl (C=O) groups excluding carboxylic acids is 1. The highest BCUT2D eigenvalue weighted by molar-refractivity contribution is 5.44. The summed E-state index contributed by atoms with van der Waals surface area (Å²) in [6.07, 6.45) is 5.99. The van der Waals surface area contributed by atoms with Crippen molar-refractivity contribution >= 4 is 6.47 Å². The largest absolute Gasteiger partial charge is 0.491 e. The molecule has 0 aromatic heterocycles. The van der Waals surface area contributed by atoms with Crippen LogP contribution in [-0.2, 0) is 21.4 Å². The van der Waals surface area contributed by atoms with Crippen LogP contribution in [0.5, 0.6) is 5.75 Å². The van der Waals surface area contributed by atoms with Gasteiger partial charge in [-0.05, 0) is 74.1 Å². The van der Waals surface area contributed by atoms with Gasteiger partial charge in [0.05, 0.1) is 12.7 Å². The third kappa shape index (κ3) is 2.94. The lowest BCUT2D eigenvalue weighted by atomic mass is 9.50. The summed E-state index contributed by atoms with van der Waals surface area (Å²) in [6, 6.07) is 6.64. The SMILES string of the molecule is CC(C)Oc1ccc2c(c1)[C@@]1(C)CCC[C@](C)(COC=O)C1CC2. The van der Waals surface area contributed by atoms with E-state index in [2.05, 4.69) is 45.9 Å². The molecule has 0 spiro atoms. The van der Waals surface area contributed by atoms with Gasteiger partial charge in [0.25, 0.3) is 6.47 Å². The molecule has 0 heterocycles. The van der Waals surface area contributed by atoms with Crippen LogP contribution in [0.2, 0.25) is 0 Å². The van der Waals surface area contributed by atoms with E-state index in [1.165, 1.54) is 30.4 Å². The molecule has 2 aliphatic carbocycles. The number of fused-ring (bicyclic) bond motifs is 3. The van der Waals surface area contributed by atoms with Crippen LogP contribution in [0.4, 0.5) is 0 Å². The van der Waals surface area contributed by atoms with E-state index in [1.54, 1.807) is 0 Å². The van der Waals surface area contributed by atoms with Gasteiger partial charge in [-0.25, -0.2) is 0 Å². The Morgan fingerprint density at radius 3 is 2.79 bits per heavy atom. The molecular weight excluding hydrogens is 300 g/mol. The number of hydrogen-bond acceptors (Lipinski definition) is 3. The Hall–Kier alpha value is -1.51. The second-order valence-electron chi connectivity index (χ2n) is 8.41. The van der Waals surface area contributed by atoms with E-state index in [0.717, 1.165) is 18.6 Å². The van der Waals surface area contributed by atoms with E-state index >= 15 is 0 Å². The second kappa shape index (κ2) is 6.42. The summed E-state index contributed by atoms with van der Waals surface area (Å²) in [5, 5.41) is 0. The molecule has 0 aliphatic heterocycles. The van der Waals surface area contributed by atoms with Crippen LogP contribution in [0.15, 0.2) is 18.2 Å².